The maximum Gasteiger partial charge on any atom is 0.263 e. The highest BCUT2D eigenvalue weighted by molar-refractivity contribution is 7.99. The molecule has 0 bridgehead atoms. The molecule has 5 rings (SSSR count). The number of thiophene rings is 1. The van der Waals surface area contributed by atoms with Gasteiger partial charge in [-0.3, -0.25) is 9.36 Å². The average Bonchev–Trinajstić information content (AvgIpc) is 3.38. The molecule has 7 nitrogen and oxygen atoms in total. The van der Waals surface area contributed by atoms with Gasteiger partial charge in [-0.1, -0.05) is 0 Å². The highest BCUT2D eigenvalue weighted by atomic mass is 32.2. The fourth-order valence-corrected chi connectivity index (χ4v) is 6.10. The Hall–Kier alpha value is -2.28. The second-order valence-electron chi connectivity index (χ2n) is 7.31. The largest absolute Gasteiger partial charge is 0.376 e. The molecule has 1 fully saturated rings. The van der Waals surface area contributed by atoms with Gasteiger partial charge in [0.1, 0.15) is 15.9 Å². The van der Waals surface area contributed by atoms with Gasteiger partial charge in [0.05, 0.1) is 18.0 Å². The number of nitrogens with zero attached hydrogens (tertiary/aromatic N) is 5. The van der Waals surface area contributed by atoms with Crippen molar-refractivity contribution in [1.29, 1.82) is 5.26 Å². The fourth-order valence-electron chi connectivity index (χ4n) is 3.98. The normalized spacial score (nSPS) is 18.7. The van der Waals surface area contributed by atoms with Crippen molar-refractivity contribution in [2.24, 2.45) is 0 Å². The van der Waals surface area contributed by atoms with Gasteiger partial charge in [-0.15, -0.1) is 21.5 Å². The van der Waals surface area contributed by atoms with Crippen LogP contribution in [-0.4, -0.2) is 32.5 Å². The highest BCUT2D eigenvalue weighted by Gasteiger charge is 2.25. The van der Waals surface area contributed by atoms with E-state index in [1.165, 1.54) is 28.6 Å². The summed E-state index contributed by atoms with van der Waals surface area (Å²) in [5.41, 5.74) is 1.49. The first-order valence-electron chi connectivity index (χ1n) is 9.81. The van der Waals surface area contributed by atoms with Crippen molar-refractivity contribution in [2.45, 2.75) is 61.4 Å². The summed E-state index contributed by atoms with van der Waals surface area (Å²) in [7, 11) is 0. The van der Waals surface area contributed by atoms with E-state index in [2.05, 4.69) is 10.2 Å². The summed E-state index contributed by atoms with van der Waals surface area (Å²) in [5, 5.41) is 18.9. The molecule has 0 aromatic carbocycles. The molecule has 0 spiro atoms. The lowest BCUT2D eigenvalue weighted by molar-refractivity contribution is 0.0937. The van der Waals surface area contributed by atoms with E-state index in [1.54, 1.807) is 28.0 Å². The summed E-state index contributed by atoms with van der Waals surface area (Å²) in [6.07, 6.45) is 6.30. The van der Waals surface area contributed by atoms with Crippen molar-refractivity contribution in [1.82, 2.24) is 19.7 Å². The van der Waals surface area contributed by atoms with Crippen LogP contribution >= 0.6 is 23.1 Å². The van der Waals surface area contributed by atoms with Crippen molar-refractivity contribution >= 4 is 33.3 Å². The van der Waals surface area contributed by atoms with Gasteiger partial charge in [0, 0.05) is 11.5 Å². The molecule has 9 heteroatoms. The van der Waals surface area contributed by atoms with Gasteiger partial charge in [0.2, 0.25) is 0 Å². The average molecular weight is 426 g/mol. The third-order valence-corrected chi connectivity index (χ3v) is 7.51. The third kappa shape index (κ3) is 3.56. The first-order chi connectivity index (χ1) is 14.2. The van der Waals surface area contributed by atoms with Crippen LogP contribution in [0.1, 0.15) is 41.8 Å². The van der Waals surface area contributed by atoms with Gasteiger partial charge in [-0.05, 0) is 68.0 Å². The van der Waals surface area contributed by atoms with Crippen LogP contribution in [0.3, 0.4) is 0 Å². The van der Waals surface area contributed by atoms with Gasteiger partial charge >= 0.3 is 0 Å². The smallest absolute Gasteiger partial charge is 0.263 e. The minimum absolute atomic E-state index is 0.0222. The predicted octanol–water partition coefficient (Wildman–Crippen LogP) is 3.33. The van der Waals surface area contributed by atoms with E-state index in [0.29, 0.717) is 16.7 Å². The van der Waals surface area contributed by atoms with Gasteiger partial charge in [0.15, 0.2) is 10.9 Å². The number of rotatable bonds is 4. The Morgan fingerprint density at radius 3 is 2.93 bits per heavy atom. The summed E-state index contributed by atoms with van der Waals surface area (Å²) >= 11 is 2.96. The molecule has 0 N–H and O–H groups in total. The quantitative estimate of drug-likeness (QED) is 0.592. The van der Waals surface area contributed by atoms with Crippen molar-refractivity contribution in [3.05, 3.63) is 38.6 Å². The molecule has 0 saturated carbocycles. The number of aryl methyl sites for hydroxylation is 2. The molecule has 1 aliphatic carbocycles. The van der Waals surface area contributed by atoms with E-state index < -0.39 is 0 Å². The topological polar surface area (TPSA) is 93.7 Å². The maximum absolute atomic E-state index is 13.5. The van der Waals surface area contributed by atoms with Crippen LogP contribution in [0.4, 0.5) is 0 Å². The molecule has 0 radical (unpaired) electrons. The fraction of sp³-hybridized carbons (Fsp3) is 0.450. The van der Waals surface area contributed by atoms with E-state index in [9.17, 15) is 4.79 Å². The summed E-state index contributed by atoms with van der Waals surface area (Å²) < 4.78 is 7.55. The number of ether oxygens (including phenoxy) is 1. The molecule has 2 aliphatic rings. The Morgan fingerprint density at radius 1 is 1.28 bits per heavy atom. The predicted molar refractivity (Wildman–Crippen MR) is 110 cm³/mol. The van der Waals surface area contributed by atoms with Crippen LogP contribution in [0, 0.1) is 11.3 Å². The monoisotopic (exact) mass is 425 g/mol. The lowest BCUT2D eigenvalue weighted by Gasteiger charge is -2.16. The van der Waals surface area contributed by atoms with Crippen molar-refractivity contribution < 1.29 is 4.74 Å². The third-order valence-electron chi connectivity index (χ3n) is 5.40. The lowest BCUT2D eigenvalue weighted by atomic mass is 9.97. The van der Waals surface area contributed by atoms with Crippen LogP contribution in [0.2, 0.25) is 0 Å². The number of hydrogen-bond donors (Lipinski definition) is 0. The standard InChI is InChI=1S/C20H19N5O2S2/c21-10-12-7-8-16(24-23-12)29-20-22-18-17(14-5-1-2-6-15(14)28-18)19(26)25(20)11-13-4-3-9-27-13/h7-8,13H,1-6,9,11H2. The van der Waals surface area contributed by atoms with Crippen molar-refractivity contribution in [2.75, 3.05) is 6.61 Å². The molecule has 4 heterocycles. The zero-order valence-electron chi connectivity index (χ0n) is 15.8. The van der Waals surface area contributed by atoms with Gasteiger partial charge in [-0.25, -0.2) is 4.98 Å². The first-order valence-corrected chi connectivity index (χ1v) is 11.4. The van der Waals surface area contributed by atoms with Gasteiger partial charge in [0.25, 0.3) is 5.56 Å². The maximum atomic E-state index is 13.5. The SMILES string of the molecule is N#Cc1ccc(Sc2nc3sc4c(c3c(=O)n2CC2CCCO2)CCCC4)nn1. The van der Waals surface area contributed by atoms with E-state index >= 15 is 0 Å². The Balaban J connectivity index is 1.61. The molecule has 0 amide bonds. The molecular weight excluding hydrogens is 406 g/mol. The number of nitriles is 1. The van der Waals surface area contributed by atoms with Crippen molar-refractivity contribution in [3.63, 3.8) is 0 Å². The second-order valence-corrected chi connectivity index (χ2v) is 9.38. The number of fused-ring (bicyclic) bond motifs is 3. The van der Waals surface area contributed by atoms with Gasteiger partial charge < -0.3 is 4.74 Å². The Labute approximate surface area is 175 Å². The molecular formula is C20H19N5O2S2. The summed E-state index contributed by atoms with van der Waals surface area (Å²) in [6, 6.07) is 5.33. The summed E-state index contributed by atoms with van der Waals surface area (Å²) in [4.78, 5) is 20.5. The molecule has 1 saturated heterocycles. The van der Waals surface area contributed by atoms with E-state index in [4.69, 9.17) is 15.0 Å². The number of aromatic nitrogens is 4. The number of hydrogen-bond acceptors (Lipinski definition) is 8. The first kappa shape index (κ1) is 18.7. The molecule has 1 atom stereocenters. The summed E-state index contributed by atoms with van der Waals surface area (Å²) in [6.45, 7) is 1.24. The highest BCUT2D eigenvalue weighted by Crippen LogP contribution is 2.35. The Morgan fingerprint density at radius 2 is 2.17 bits per heavy atom. The van der Waals surface area contributed by atoms with E-state index in [1.807, 2.05) is 6.07 Å². The zero-order valence-corrected chi connectivity index (χ0v) is 17.4. The van der Waals surface area contributed by atoms with Crippen LogP contribution in [-0.2, 0) is 24.1 Å². The Kier molecular flexibility index (Phi) is 5.08. The van der Waals surface area contributed by atoms with Crippen LogP contribution in [0.5, 0.6) is 0 Å². The zero-order chi connectivity index (χ0) is 19.8. The van der Waals surface area contributed by atoms with Crippen LogP contribution in [0.15, 0.2) is 27.1 Å². The van der Waals surface area contributed by atoms with Crippen molar-refractivity contribution in [3.8, 4) is 6.07 Å². The Bertz CT molecular complexity index is 1160. The molecule has 29 heavy (non-hydrogen) atoms. The van der Waals surface area contributed by atoms with E-state index in [-0.39, 0.29) is 17.4 Å². The molecule has 3 aromatic rings. The molecule has 1 unspecified atom stereocenters. The van der Waals surface area contributed by atoms with Crippen LogP contribution < -0.4 is 5.56 Å². The summed E-state index contributed by atoms with van der Waals surface area (Å²) in [5.74, 6) is 0. The van der Waals surface area contributed by atoms with E-state index in [0.717, 1.165) is 48.9 Å². The molecule has 3 aromatic heterocycles. The second kappa shape index (κ2) is 7.86. The molecule has 1 aliphatic heterocycles. The molecule has 148 valence electrons. The lowest BCUT2D eigenvalue weighted by Crippen LogP contribution is -2.29. The van der Waals surface area contributed by atoms with Crippen LogP contribution in [0.25, 0.3) is 10.2 Å². The minimum Gasteiger partial charge on any atom is -0.376 e. The minimum atomic E-state index is 0.0222. The van der Waals surface area contributed by atoms with Gasteiger partial charge in [-0.2, -0.15) is 5.26 Å².